The SMILES string of the molecule is Cc1csc(=O)n1CC(=O)N1CCC(OCCO)CC1. The average molecular weight is 300 g/mol. The van der Waals surface area contributed by atoms with Gasteiger partial charge < -0.3 is 14.7 Å². The van der Waals surface area contributed by atoms with Crippen molar-refractivity contribution in [2.24, 2.45) is 0 Å². The predicted molar refractivity (Wildman–Crippen MR) is 76.0 cm³/mol. The third-order valence-electron chi connectivity index (χ3n) is 3.51. The van der Waals surface area contributed by atoms with E-state index in [1.54, 1.807) is 10.3 Å². The summed E-state index contributed by atoms with van der Waals surface area (Å²) in [5.74, 6) is -0.0193. The number of ether oxygens (including phenoxy) is 1. The van der Waals surface area contributed by atoms with Gasteiger partial charge in [-0.15, -0.1) is 0 Å². The van der Waals surface area contributed by atoms with Gasteiger partial charge in [-0.3, -0.25) is 14.2 Å². The van der Waals surface area contributed by atoms with Gasteiger partial charge in [-0.2, -0.15) is 0 Å². The van der Waals surface area contributed by atoms with Crippen molar-refractivity contribution in [3.05, 3.63) is 20.7 Å². The Morgan fingerprint density at radius 1 is 1.50 bits per heavy atom. The maximum absolute atomic E-state index is 12.2. The second-order valence-electron chi connectivity index (χ2n) is 4.90. The van der Waals surface area contributed by atoms with Crippen LogP contribution in [0, 0.1) is 6.92 Å². The van der Waals surface area contributed by atoms with Crippen molar-refractivity contribution >= 4 is 17.2 Å². The second-order valence-corrected chi connectivity index (χ2v) is 5.72. The largest absolute Gasteiger partial charge is 0.394 e. The summed E-state index contributed by atoms with van der Waals surface area (Å²) in [5.41, 5.74) is 0.828. The van der Waals surface area contributed by atoms with Gasteiger partial charge in [0.1, 0.15) is 6.54 Å². The van der Waals surface area contributed by atoms with Crippen molar-refractivity contribution in [3.63, 3.8) is 0 Å². The van der Waals surface area contributed by atoms with Crippen LogP contribution in [0.3, 0.4) is 0 Å². The van der Waals surface area contributed by atoms with E-state index in [1.165, 1.54) is 4.57 Å². The van der Waals surface area contributed by atoms with Crippen molar-refractivity contribution < 1.29 is 14.6 Å². The molecule has 0 atom stereocenters. The summed E-state index contributed by atoms with van der Waals surface area (Å²) in [7, 11) is 0. The van der Waals surface area contributed by atoms with Crippen LogP contribution in [0.2, 0.25) is 0 Å². The first-order chi connectivity index (χ1) is 9.61. The molecule has 0 aliphatic carbocycles. The molecule has 1 fully saturated rings. The maximum Gasteiger partial charge on any atom is 0.307 e. The van der Waals surface area contributed by atoms with E-state index in [-0.39, 0.29) is 30.0 Å². The molecule has 1 saturated heterocycles. The van der Waals surface area contributed by atoms with Crippen LogP contribution in [0.15, 0.2) is 10.2 Å². The zero-order valence-electron chi connectivity index (χ0n) is 11.6. The van der Waals surface area contributed by atoms with Crippen molar-refractivity contribution in [1.82, 2.24) is 9.47 Å². The lowest BCUT2D eigenvalue weighted by atomic mass is 10.1. The van der Waals surface area contributed by atoms with Gasteiger partial charge >= 0.3 is 4.87 Å². The predicted octanol–water partition coefficient (Wildman–Crippen LogP) is 0.218. The smallest absolute Gasteiger partial charge is 0.307 e. The molecule has 1 amide bonds. The lowest BCUT2D eigenvalue weighted by Crippen LogP contribution is -2.43. The minimum absolute atomic E-state index is 0.0193. The highest BCUT2D eigenvalue weighted by Gasteiger charge is 2.23. The van der Waals surface area contributed by atoms with Crippen LogP contribution in [-0.4, -0.2) is 52.9 Å². The van der Waals surface area contributed by atoms with Crippen LogP contribution in [0.4, 0.5) is 0 Å². The minimum Gasteiger partial charge on any atom is -0.394 e. The van der Waals surface area contributed by atoms with Gasteiger partial charge in [-0.1, -0.05) is 11.3 Å². The normalized spacial score (nSPS) is 16.6. The molecule has 2 heterocycles. The second kappa shape index (κ2) is 7.01. The molecule has 1 N–H and O–H groups in total. The number of aryl methyl sites for hydroxylation is 1. The summed E-state index contributed by atoms with van der Waals surface area (Å²) in [6.45, 7) is 3.62. The van der Waals surface area contributed by atoms with E-state index in [0.717, 1.165) is 29.9 Å². The average Bonchev–Trinajstić information content (AvgIpc) is 2.77. The molecule has 0 aromatic carbocycles. The molecule has 2 rings (SSSR count). The van der Waals surface area contributed by atoms with Crippen molar-refractivity contribution in [1.29, 1.82) is 0 Å². The number of carbonyl (C=O) groups excluding carboxylic acids is 1. The first kappa shape index (κ1) is 15.2. The van der Waals surface area contributed by atoms with Gasteiger partial charge in [0.25, 0.3) is 0 Å². The molecule has 0 saturated carbocycles. The number of hydrogen-bond acceptors (Lipinski definition) is 5. The number of carbonyl (C=O) groups is 1. The van der Waals surface area contributed by atoms with E-state index in [2.05, 4.69) is 0 Å². The number of piperidine rings is 1. The fraction of sp³-hybridized carbons (Fsp3) is 0.692. The van der Waals surface area contributed by atoms with E-state index in [0.29, 0.717) is 19.7 Å². The zero-order valence-corrected chi connectivity index (χ0v) is 12.4. The van der Waals surface area contributed by atoms with Gasteiger partial charge in [0.05, 0.1) is 19.3 Å². The van der Waals surface area contributed by atoms with Crippen LogP contribution < -0.4 is 4.87 Å². The molecule has 1 aliphatic heterocycles. The summed E-state index contributed by atoms with van der Waals surface area (Å²) < 4.78 is 6.98. The molecular formula is C13H20N2O4S. The highest BCUT2D eigenvalue weighted by Crippen LogP contribution is 2.14. The molecule has 1 aromatic heterocycles. The Morgan fingerprint density at radius 2 is 2.20 bits per heavy atom. The minimum atomic E-state index is -0.0861. The first-order valence-corrected chi connectivity index (χ1v) is 7.65. The molecule has 7 heteroatoms. The van der Waals surface area contributed by atoms with E-state index < -0.39 is 0 Å². The number of likely N-dealkylation sites (tertiary alicyclic amines) is 1. The number of aliphatic hydroxyl groups excluding tert-OH is 1. The van der Waals surface area contributed by atoms with E-state index >= 15 is 0 Å². The first-order valence-electron chi connectivity index (χ1n) is 6.77. The Bertz CT molecular complexity index is 503. The zero-order chi connectivity index (χ0) is 14.5. The summed E-state index contributed by atoms with van der Waals surface area (Å²) >= 11 is 1.12. The number of nitrogens with zero attached hydrogens (tertiary/aromatic N) is 2. The molecule has 112 valence electrons. The number of rotatable bonds is 5. The highest BCUT2D eigenvalue weighted by atomic mass is 32.1. The van der Waals surface area contributed by atoms with E-state index in [9.17, 15) is 9.59 Å². The van der Waals surface area contributed by atoms with Crippen LogP contribution >= 0.6 is 11.3 Å². The Balaban J connectivity index is 1.85. The lowest BCUT2D eigenvalue weighted by Gasteiger charge is -2.32. The van der Waals surface area contributed by atoms with Gasteiger partial charge in [-0.25, -0.2) is 0 Å². The van der Waals surface area contributed by atoms with Gasteiger partial charge in [0.2, 0.25) is 5.91 Å². The lowest BCUT2D eigenvalue weighted by molar-refractivity contribution is -0.134. The maximum atomic E-state index is 12.2. The molecule has 1 aliphatic rings. The Labute approximate surface area is 121 Å². The monoisotopic (exact) mass is 300 g/mol. The number of aromatic nitrogens is 1. The van der Waals surface area contributed by atoms with Crippen molar-refractivity contribution in [2.45, 2.75) is 32.4 Å². The molecule has 20 heavy (non-hydrogen) atoms. The third kappa shape index (κ3) is 3.68. The van der Waals surface area contributed by atoms with Gasteiger partial charge in [0.15, 0.2) is 0 Å². The van der Waals surface area contributed by atoms with Crippen LogP contribution in [0.1, 0.15) is 18.5 Å². The Hall–Kier alpha value is -1.18. The molecule has 0 radical (unpaired) electrons. The molecule has 0 bridgehead atoms. The third-order valence-corrected chi connectivity index (χ3v) is 4.39. The summed E-state index contributed by atoms with van der Waals surface area (Å²) in [6, 6.07) is 0. The van der Waals surface area contributed by atoms with Crippen LogP contribution in [0.25, 0.3) is 0 Å². The molecule has 0 spiro atoms. The fourth-order valence-corrected chi connectivity index (χ4v) is 3.06. The highest BCUT2D eigenvalue weighted by molar-refractivity contribution is 7.07. The van der Waals surface area contributed by atoms with E-state index in [1.807, 2.05) is 6.92 Å². The number of aliphatic hydroxyl groups is 1. The molecule has 1 aromatic rings. The summed E-state index contributed by atoms with van der Waals surface area (Å²) in [6.07, 6.45) is 1.68. The van der Waals surface area contributed by atoms with Crippen molar-refractivity contribution in [2.75, 3.05) is 26.3 Å². The quantitative estimate of drug-likeness (QED) is 0.844. The molecule has 6 nitrogen and oxygen atoms in total. The number of amides is 1. The Morgan fingerprint density at radius 3 is 2.75 bits per heavy atom. The van der Waals surface area contributed by atoms with Crippen LogP contribution in [-0.2, 0) is 16.1 Å². The molecular weight excluding hydrogens is 280 g/mol. The number of thiazole rings is 1. The summed E-state index contributed by atoms with van der Waals surface area (Å²) in [4.78, 5) is 25.5. The topological polar surface area (TPSA) is 71.8 Å². The van der Waals surface area contributed by atoms with Gasteiger partial charge in [0, 0.05) is 24.2 Å². The molecule has 0 unspecified atom stereocenters. The standard InChI is InChI=1S/C13H20N2O4S/c1-10-9-20-13(18)15(10)8-12(17)14-4-2-11(3-5-14)19-7-6-16/h9,11,16H,2-8H2,1H3. The van der Waals surface area contributed by atoms with Crippen molar-refractivity contribution in [3.8, 4) is 0 Å². The number of hydrogen-bond donors (Lipinski definition) is 1. The van der Waals surface area contributed by atoms with Crippen LogP contribution in [0.5, 0.6) is 0 Å². The fourth-order valence-electron chi connectivity index (χ4n) is 2.32. The Kier molecular flexibility index (Phi) is 5.33. The van der Waals surface area contributed by atoms with E-state index in [4.69, 9.17) is 9.84 Å². The summed E-state index contributed by atoms with van der Waals surface area (Å²) in [5, 5.41) is 10.5. The van der Waals surface area contributed by atoms with Gasteiger partial charge in [-0.05, 0) is 19.8 Å².